The molecule has 0 spiro atoms. The molecule has 2 rings (SSSR count). The molecule has 2 aromatic carbocycles. The first kappa shape index (κ1) is 15.1. The molecule has 0 radical (unpaired) electrons. The van der Waals surface area contributed by atoms with Crippen LogP contribution in [0, 0.1) is 0 Å². The molecule has 0 saturated carbocycles. The first-order valence-corrected chi connectivity index (χ1v) is 7.06. The van der Waals surface area contributed by atoms with E-state index < -0.39 is 0 Å². The molecule has 0 fully saturated rings. The molecule has 0 heterocycles. The zero-order chi connectivity index (χ0) is 15.1. The average Bonchev–Trinajstić information content (AvgIpc) is 2.53. The molecule has 0 bridgehead atoms. The molecule has 0 atom stereocenters. The van der Waals surface area contributed by atoms with Crippen LogP contribution in [0.4, 0.5) is 5.69 Å². The molecule has 21 heavy (non-hydrogen) atoms. The molecule has 0 aliphatic heterocycles. The quantitative estimate of drug-likeness (QED) is 0.583. The molecule has 110 valence electrons. The Morgan fingerprint density at radius 3 is 2.62 bits per heavy atom. The van der Waals surface area contributed by atoms with Gasteiger partial charge in [0.15, 0.2) is 5.96 Å². The van der Waals surface area contributed by atoms with E-state index in [-0.39, 0.29) is 6.61 Å². The molecule has 2 aromatic rings. The molecule has 0 aromatic heterocycles. The maximum Gasteiger partial charge on any atom is 0.193 e. The molecule has 0 amide bonds. The van der Waals surface area contributed by atoms with Crippen molar-refractivity contribution < 1.29 is 5.11 Å². The topological polar surface area (TPSA) is 70.6 Å². The summed E-state index contributed by atoms with van der Waals surface area (Å²) in [5.74, 6) is 0.371. The van der Waals surface area contributed by atoms with Crippen molar-refractivity contribution in [3.8, 4) is 0 Å². The van der Waals surface area contributed by atoms with Gasteiger partial charge in [0, 0.05) is 5.69 Å². The molecule has 4 heteroatoms. The van der Waals surface area contributed by atoms with Crippen LogP contribution in [0.15, 0.2) is 53.5 Å². The van der Waals surface area contributed by atoms with Crippen LogP contribution in [-0.2, 0) is 19.6 Å². The SMILES string of the molecule is CCc1cccc(NC(N)=NCc2ccccc2CO)c1. The van der Waals surface area contributed by atoms with E-state index in [0.717, 1.165) is 23.2 Å². The van der Waals surface area contributed by atoms with Gasteiger partial charge in [0.25, 0.3) is 0 Å². The molecule has 4 nitrogen and oxygen atoms in total. The number of aliphatic imine (C=N–C) groups is 1. The van der Waals surface area contributed by atoms with E-state index in [9.17, 15) is 5.11 Å². The first-order valence-electron chi connectivity index (χ1n) is 7.06. The molecule has 0 aliphatic carbocycles. The summed E-state index contributed by atoms with van der Waals surface area (Å²) in [6.07, 6.45) is 0.983. The van der Waals surface area contributed by atoms with Crippen LogP contribution in [0.25, 0.3) is 0 Å². The lowest BCUT2D eigenvalue weighted by Crippen LogP contribution is -2.22. The van der Waals surface area contributed by atoms with Gasteiger partial charge in [-0.15, -0.1) is 0 Å². The van der Waals surface area contributed by atoms with E-state index in [1.807, 2.05) is 36.4 Å². The number of aryl methyl sites for hydroxylation is 1. The normalized spacial score (nSPS) is 11.4. The second kappa shape index (κ2) is 7.45. The summed E-state index contributed by atoms with van der Waals surface area (Å²) >= 11 is 0. The van der Waals surface area contributed by atoms with E-state index >= 15 is 0 Å². The molecular formula is C17H21N3O. The number of hydrogen-bond donors (Lipinski definition) is 3. The second-order valence-electron chi connectivity index (χ2n) is 4.81. The predicted molar refractivity (Wildman–Crippen MR) is 87.1 cm³/mol. The van der Waals surface area contributed by atoms with E-state index in [1.165, 1.54) is 5.56 Å². The van der Waals surface area contributed by atoms with Gasteiger partial charge in [-0.05, 0) is 35.2 Å². The van der Waals surface area contributed by atoms with E-state index in [2.05, 4.69) is 29.4 Å². The Bertz CT molecular complexity index is 623. The maximum atomic E-state index is 9.28. The minimum Gasteiger partial charge on any atom is -0.392 e. The van der Waals surface area contributed by atoms with Gasteiger partial charge >= 0.3 is 0 Å². The number of aliphatic hydroxyl groups excluding tert-OH is 1. The maximum absolute atomic E-state index is 9.28. The predicted octanol–water partition coefficient (Wildman–Crippen LogP) is 2.67. The Morgan fingerprint density at radius 1 is 1.14 bits per heavy atom. The van der Waals surface area contributed by atoms with Crippen molar-refractivity contribution in [3.63, 3.8) is 0 Å². The van der Waals surface area contributed by atoms with E-state index in [0.29, 0.717) is 12.5 Å². The van der Waals surface area contributed by atoms with Gasteiger partial charge in [-0.2, -0.15) is 0 Å². The zero-order valence-corrected chi connectivity index (χ0v) is 12.2. The number of aliphatic hydroxyl groups is 1. The fraction of sp³-hybridized carbons (Fsp3) is 0.235. The highest BCUT2D eigenvalue weighted by Crippen LogP contribution is 2.12. The van der Waals surface area contributed by atoms with Crippen LogP contribution in [0.1, 0.15) is 23.6 Å². The Hall–Kier alpha value is -2.33. The minimum absolute atomic E-state index is 0.0115. The van der Waals surface area contributed by atoms with Gasteiger partial charge < -0.3 is 16.2 Å². The monoisotopic (exact) mass is 283 g/mol. The van der Waals surface area contributed by atoms with Crippen LogP contribution >= 0.6 is 0 Å². The Labute approximate surface area is 125 Å². The Balaban J connectivity index is 2.04. The fourth-order valence-corrected chi connectivity index (χ4v) is 2.09. The standard InChI is InChI=1S/C17H21N3O/c1-2-13-6-5-9-16(10-13)20-17(18)19-11-14-7-3-4-8-15(14)12-21/h3-10,21H,2,11-12H2,1H3,(H3,18,19,20). The van der Waals surface area contributed by atoms with Crippen LogP contribution in [0.2, 0.25) is 0 Å². The van der Waals surface area contributed by atoms with Crippen molar-refractivity contribution in [2.45, 2.75) is 26.5 Å². The van der Waals surface area contributed by atoms with Crippen molar-refractivity contribution in [1.29, 1.82) is 0 Å². The van der Waals surface area contributed by atoms with Gasteiger partial charge in [-0.25, -0.2) is 4.99 Å². The lowest BCUT2D eigenvalue weighted by molar-refractivity contribution is 0.280. The smallest absolute Gasteiger partial charge is 0.193 e. The number of nitrogens with zero attached hydrogens (tertiary/aromatic N) is 1. The minimum atomic E-state index is 0.0115. The van der Waals surface area contributed by atoms with Crippen molar-refractivity contribution in [2.24, 2.45) is 10.7 Å². The van der Waals surface area contributed by atoms with E-state index in [1.54, 1.807) is 0 Å². The van der Waals surface area contributed by atoms with Crippen molar-refractivity contribution >= 4 is 11.6 Å². The van der Waals surface area contributed by atoms with Crippen LogP contribution in [0.3, 0.4) is 0 Å². The zero-order valence-electron chi connectivity index (χ0n) is 12.2. The molecule has 0 aliphatic rings. The van der Waals surface area contributed by atoms with Crippen LogP contribution in [0.5, 0.6) is 0 Å². The number of hydrogen-bond acceptors (Lipinski definition) is 2. The summed E-state index contributed by atoms with van der Waals surface area (Å²) in [6.45, 7) is 2.57. The van der Waals surface area contributed by atoms with Crippen molar-refractivity contribution in [3.05, 3.63) is 65.2 Å². The number of nitrogens with one attached hydrogen (secondary N) is 1. The third kappa shape index (κ3) is 4.33. The highest BCUT2D eigenvalue weighted by molar-refractivity contribution is 5.92. The van der Waals surface area contributed by atoms with Gasteiger partial charge in [-0.3, -0.25) is 0 Å². The third-order valence-electron chi connectivity index (χ3n) is 3.32. The number of nitrogens with two attached hydrogens (primary N) is 1. The molecule has 4 N–H and O–H groups in total. The second-order valence-corrected chi connectivity index (χ2v) is 4.81. The fourth-order valence-electron chi connectivity index (χ4n) is 2.09. The summed E-state index contributed by atoms with van der Waals surface area (Å²) in [6, 6.07) is 15.8. The van der Waals surface area contributed by atoms with Crippen LogP contribution < -0.4 is 11.1 Å². The van der Waals surface area contributed by atoms with Crippen molar-refractivity contribution in [2.75, 3.05) is 5.32 Å². The first-order chi connectivity index (χ1) is 10.2. The molecular weight excluding hydrogens is 262 g/mol. The number of rotatable bonds is 5. The highest BCUT2D eigenvalue weighted by Gasteiger charge is 2.00. The van der Waals surface area contributed by atoms with Gasteiger partial charge in [-0.1, -0.05) is 43.3 Å². The van der Waals surface area contributed by atoms with Crippen molar-refractivity contribution in [1.82, 2.24) is 0 Å². The number of benzene rings is 2. The van der Waals surface area contributed by atoms with Gasteiger partial charge in [0.05, 0.1) is 13.2 Å². The third-order valence-corrected chi connectivity index (χ3v) is 3.32. The Morgan fingerprint density at radius 2 is 1.90 bits per heavy atom. The van der Waals surface area contributed by atoms with Gasteiger partial charge in [0.1, 0.15) is 0 Å². The Kier molecular flexibility index (Phi) is 5.35. The van der Waals surface area contributed by atoms with Crippen LogP contribution in [-0.4, -0.2) is 11.1 Å². The largest absolute Gasteiger partial charge is 0.392 e. The number of guanidine groups is 1. The molecule has 0 unspecified atom stereocenters. The lowest BCUT2D eigenvalue weighted by atomic mass is 10.1. The summed E-state index contributed by atoms with van der Waals surface area (Å²) < 4.78 is 0. The molecule has 0 saturated heterocycles. The average molecular weight is 283 g/mol. The summed E-state index contributed by atoms with van der Waals surface area (Å²) in [5.41, 5.74) is 9.95. The lowest BCUT2D eigenvalue weighted by Gasteiger charge is -2.08. The van der Waals surface area contributed by atoms with E-state index in [4.69, 9.17) is 5.73 Å². The van der Waals surface area contributed by atoms with Gasteiger partial charge in [0.2, 0.25) is 0 Å². The highest BCUT2D eigenvalue weighted by atomic mass is 16.3. The number of anilines is 1. The summed E-state index contributed by atoms with van der Waals surface area (Å²) in [5, 5.41) is 12.4. The summed E-state index contributed by atoms with van der Waals surface area (Å²) in [4.78, 5) is 4.33. The summed E-state index contributed by atoms with van der Waals surface area (Å²) in [7, 11) is 0.